The molecule has 6 heteroatoms. The smallest absolute Gasteiger partial charge is 0.243 e. The number of carbonyl (C=O) groups is 3. The zero-order valence-corrected chi connectivity index (χ0v) is 16.5. The van der Waals surface area contributed by atoms with E-state index in [2.05, 4.69) is 5.32 Å². The van der Waals surface area contributed by atoms with Gasteiger partial charge in [0.1, 0.15) is 0 Å². The van der Waals surface area contributed by atoms with E-state index in [1.165, 1.54) is 4.90 Å². The highest BCUT2D eigenvalue weighted by Crippen LogP contribution is 2.18. The van der Waals surface area contributed by atoms with Crippen LogP contribution >= 0.6 is 11.6 Å². The molecule has 0 saturated carbocycles. The Kier molecular flexibility index (Phi) is 7.13. The minimum atomic E-state index is -0.274. The quantitative estimate of drug-likeness (QED) is 0.731. The lowest BCUT2D eigenvalue weighted by Gasteiger charge is -2.17. The summed E-state index contributed by atoms with van der Waals surface area (Å²) in [6, 6.07) is 12.2. The second-order valence-electron chi connectivity index (χ2n) is 6.48. The number of Topliss-reactive ketones (excluding diaryl/α,β-unsaturated/α-hetero) is 1. The van der Waals surface area contributed by atoms with Gasteiger partial charge >= 0.3 is 0 Å². The Labute approximate surface area is 164 Å². The van der Waals surface area contributed by atoms with Crippen molar-refractivity contribution >= 4 is 34.9 Å². The third kappa shape index (κ3) is 5.93. The zero-order chi connectivity index (χ0) is 20.0. The van der Waals surface area contributed by atoms with E-state index in [-0.39, 0.29) is 37.0 Å². The van der Waals surface area contributed by atoms with Crippen LogP contribution in [0.3, 0.4) is 0 Å². The predicted molar refractivity (Wildman–Crippen MR) is 107 cm³/mol. The van der Waals surface area contributed by atoms with Gasteiger partial charge in [-0.25, -0.2) is 0 Å². The molecule has 1 N–H and O–H groups in total. The monoisotopic (exact) mass is 386 g/mol. The highest BCUT2D eigenvalue weighted by molar-refractivity contribution is 6.30. The number of ketones is 1. The third-order valence-electron chi connectivity index (χ3n) is 4.42. The number of halogens is 1. The largest absolute Gasteiger partial charge is 0.336 e. The zero-order valence-electron chi connectivity index (χ0n) is 15.7. The van der Waals surface area contributed by atoms with Gasteiger partial charge in [-0.2, -0.15) is 0 Å². The molecular weight excluding hydrogens is 364 g/mol. The molecule has 2 rings (SSSR count). The molecule has 2 aromatic carbocycles. The molecule has 27 heavy (non-hydrogen) atoms. The standard InChI is InChI=1S/C21H23ClN2O3/c1-14-5-4-6-18(15(14)2)23-20(26)13-24(3)21(27)12-11-19(25)16-7-9-17(22)10-8-16/h4-10H,11-13H2,1-3H3,(H,23,26). The maximum absolute atomic E-state index is 12.2. The second-order valence-corrected chi connectivity index (χ2v) is 6.91. The molecule has 2 amide bonds. The average Bonchev–Trinajstić information content (AvgIpc) is 2.63. The van der Waals surface area contributed by atoms with E-state index < -0.39 is 0 Å². The molecule has 0 aliphatic heterocycles. The summed E-state index contributed by atoms with van der Waals surface area (Å²) in [4.78, 5) is 37.9. The Morgan fingerprint density at radius 2 is 1.67 bits per heavy atom. The molecule has 0 heterocycles. The molecule has 0 spiro atoms. The number of nitrogens with one attached hydrogen (secondary N) is 1. The van der Waals surface area contributed by atoms with Crippen LogP contribution in [0.5, 0.6) is 0 Å². The maximum atomic E-state index is 12.2. The van der Waals surface area contributed by atoms with Crippen molar-refractivity contribution in [3.05, 3.63) is 64.2 Å². The minimum Gasteiger partial charge on any atom is -0.336 e. The molecule has 5 nitrogen and oxygen atoms in total. The molecular formula is C21H23ClN2O3. The van der Waals surface area contributed by atoms with E-state index in [1.807, 2.05) is 32.0 Å². The summed E-state index contributed by atoms with van der Waals surface area (Å²) in [5, 5.41) is 3.37. The SMILES string of the molecule is Cc1cccc(NC(=O)CN(C)C(=O)CCC(=O)c2ccc(Cl)cc2)c1C. The van der Waals surface area contributed by atoms with Crippen molar-refractivity contribution in [2.45, 2.75) is 26.7 Å². The van der Waals surface area contributed by atoms with Crippen molar-refractivity contribution in [2.24, 2.45) is 0 Å². The van der Waals surface area contributed by atoms with Crippen molar-refractivity contribution in [2.75, 3.05) is 18.9 Å². The Morgan fingerprint density at radius 3 is 2.33 bits per heavy atom. The predicted octanol–water partition coefficient (Wildman–Crippen LogP) is 4.02. The van der Waals surface area contributed by atoms with Crippen LogP contribution < -0.4 is 5.32 Å². The van der Waals surface area contributed by atoms with Crippen LogP contribution in [-0.2, 0) is 9.59 Å². The fraction of sp³-hybridized carbons (Fsp3) is 0.286. The van der Waals surface area contributed by atoms with Gasteiger partial charge in [0.05, 0.1) is 6.54 Å². The molecule has 2 aromatic rings. The fourth-order valence-electron chi connectivity index (χ4n) is 2.57. The number of likely N-dealkylation sites (N-methyl/N-ethyl adjacent to an activating group) is 1. The summed E-state index contributed by atoms with van der Waals surface area (Å²) in [7, 11) is 1.55. The van der Waals surface area contributed by atoms with Crippen LogP contribution in [0.2, 0.25) is 5.02 Å². The molecule has 0 aliphatic carbocycles. The summed E-state index contributed by atoms with van der Waals surface area (Å²) in [5.41, 5.74) is 3.33. The van der Waals surface area contributed by atoms with Gasteiger partial charge in [0.15, 0.2) is 5.78 Å². The van der Waals surface area contributed by atoms with Gasteiger partial charge < -0.3 is 10.2 Å². The minimum absolute atomic E-state index is 0.0503. The van der Waals surface area contributed by atoms with Crippen LogP contribution in [0.25, 0.3) is 0 Å². The Bertz CT molecular complexity index is 847. The molecule has 0 aliphatic rings. The molecule has 0 fully saturated rings. The first-order valence-corrected chi connectivity index (χ1v) is 9.04. The summed E-state index contributed by atoms with van der Waals surface area (Å²) >= 11 is 5.80. The van der Waals surface area contributed by atoms with Crippen LogP contribution in [0, 0.1) is 13.8 Å². The first-order valence-electron chi connectivity index (χ1n) is 8.66. The molecule has 0 aromatic heterocycles. The average molecular weight is 387 g/mol. The van der Waals surface area contributed by atoms with E-state index in [4.69, 9.17) is 11.6 Å². The van der Waals surface area contributed by atoms with Gasteiger partial charge in [-0.15, -0.1) is 0 Å². The fourth-order valence-corrected chi connectivity index (χ4v) is 2.70. The van der Waals surface area contributed by atoms with Gasteiger partial charge in [0.2, 0.25) is 11.8 Å². The first-order chi connectivity index (χ1) is 12.8. The number of nitrogens with zero attached hydrogens (tertiary/aromatic N) is 1. The van der Waals surface area contributed by atoms with E-state index >= 15 is 0 Å². The normalized spacial score (nSPS) is 10.4. The van der Waals surface area contributed by atoms with Crippen molar-refractivity contribution in [1.29, 1.82) is 0 Å². The topological polar surface area (TPSA) is 66.5 Å². The number of rotatable bonds is 7. The number of hydrogen-bond acceptors (Lipinski definition) is 3. The van der Waals surface area contributed by atoms with Gasteiger partial charge in [0, 0.05) is 36.2 Å². The number of benzene rings is 2. The summed E-state index contributed by atoms with van der Waals surface area (Å²) in [6.45, 7) is 3.84. The van der Waals surface area contributed by atoms with Gasteiger partial charge in [0.25, 0.3) is 0 Å². The number of carbonyl (C=O) groups excluding carboxylic acids is 3. The van der Waals surface area contributed by atoms with Crippen molar-refractivity contribution in [1.82, 2.24) is 4.90 Å². The van der Waals surface area contributed by atoms with Gasteiger partial charge in [-0.3, -0.25) is 14.4 Å². The van der Waals surface area contributed by atoms with Crippen LogP contribution in [0.1, 0.15) is 34.3 Å². The number of amides is 2. The number of anilines is 1. The lowest BCUT2D eigenvalue weighted by atomic mass is 10.1. The second kappa shape index (κ2) is 9.33. The Hall–Kier alpha value is -2.66. The van der Waals surface area contributed by atoms with Crippen LogP contribution in [0.15, 0.2) is 42.5 Å². The molecule has 0 unspecified atom stereocenters. The highest BCUT2D eigenvalue weighted by atomic mass is 35.5. The lowest BCUT2D eigenvalue weighted by molar-refractivity contribution is -0.133. The first kappa shape index (κ1) is 20.6. The number of hydrogen-bond donors (Lipinski definition) is 1. The van der Waals surface area contributed by atoms with Crippen LogP contribution in [0.4, 0.5) is 5.69 Å². The molecule has 0 radical (unpaired) electrons. The molecule has 0 saturated heterocycles. The van der Waals surface area contributed by atoms with E-state index in [0.29, 0.717) is 10.6 Å². The summed E-state index contributed by atoms with van der Waals surface area (Å²) in [5.74, 6) is -0.662. The van der Waals surface area contributed by atoms with Crippen molar-refractivity contribution < 1.29 is 14.4 Å². The molecule has 0 bridgehead atoms. The van der Waals surface area contributed by atoms with Crippen molar-refractivity contribution in [3.63, 3.8) is 0 Å². The maximum Gasteiger partial charge on any atom is 0.243 e. The molecule has 142 valence electrons. The van der Waals surface area contributed by atoms with E-state index in [1.54, 1.807) is 31.3 Å². The van der Waals surface area contributed by atoms with Gasteiger partial charge in [-0.05, 0) is 55.3 Å². The Morgan fingerprint density at radius 1 is 1.00 bits per heavy atom. The van der Waals surface area contributed by atoms with E-state index in [0.717, 1.165) is 16.8 Å². The lowest BCUT2D eigenvalue weighted by Crippen LogP contribution is -2.35. The Balaban J connectivity index is 1.84. The summed E-state index contributed by atoms with van der Waals surface area (Å²) in [6.07, 6.45) is 0.137. The summed E-state index contributed by atoms with van der Waals surface area (Å²) < 4.78 is 0. The van der Waals surface area contributed by atoms with Crippen LogP contribution in [-0.4, -0.2) is 36.1 Å². The molecule has 0 atom stereocenters. The number of aryl methyl sites for hydroxylation is 1. The van der Waals surface area contributed by atoms with Gasteiger partial charge in [-0.1, -0.05) is 23.7 Å². The highest BCUT2D eigenvalue weighted by Gasteiger charge is 2.16. The third-order valence-corrected chi connectivity index (χ3v) is 4.67. The van der Waals surface area contributed by atoms with Crippen molar-refractivity contribution in [3.8, 4) is 0 Å². The van der Waals surface area contributed by atoms with E-state index in [9.17, 15) is 14.4 Å².